The lowest BCUT2D eigenvalue weighted by atomic mass is 9.91. The number of carbonyl (C=O) groups excluding carboxylic acids is 1. The third-order valence-corrected chi connectivity index (χ3v) is 4.30. The van der Waals surface area contributed by atoms with Gasteiger partial charge < -0.3 is 15.0 Å². The summed E-state index contributed by atoms with van der Waals surface area (Å²) in [5, 5.41) is 7.89. The van der Waals surface area contributed by atoms with Gasteiger partial charge in [-0.05, 0) is 52.9 Å². The molecule has 6 heteroatoms. The molecule has 2 heterocycles. The largest absolute Gasteiger partial charge is 0.444 e. The summed E-state index contributed by atoms with van der Waals surface area (Å²) in [6, 6.07) is 0.287. The van der Waals surface area contributed by atoms with Crippen LogP contribution in [-0.2, 0) is 11.3 Å². The van der Waals surface area contributed by atoms with Crippen LogP contribution in [0.2, 0.25) is 0 Å². The standard InChI is InChI=1S/C18H32N4O2/c1-6-9-22-13-16(11-19-22)20-14(2)15-8-7-10-21(12-15)17(23)24-18(3,4)5/h11,13-15,20H,6-10,12H2,1-5H3/t14-,15-/m1/s1. The lowest BCUT2D eigenvalue weighted by molar-refractivity contribution is 0.0159. The van der Waals surface area contributed by atoms with E-state index in [2.05, 4.69) is 30.5 Å². The summed E-state index contributed by atoms with van der Waals surface area (Å²) in [7, 11) is 0. The zero-order valence-electron chi connectivity index (χ0n) is 15.7. The van der Waals surface area contributed by atoms with Crippen LogP contribution in [0.25, 0.3) is 0 Å². The van der Waals surface area contributed by atoms with Gasteiger partial charge in [-0.25, -0.2) is 4.79 Å². The Morgan fingerprint density at radius 3 is 2.92 bits per heavy atom. The molecule has 0 radical (unpaired) electrons. The average molecular weight is 336 g/mol. The number of nitrogens with one attached hydrogen (secondary N) is 1. The maximum Gasteiger partial charge on any atom is 0.410 e. The summed E-state index contributed by atoms with van der Waals surface area (Å²) < 4.78 is 7.47. The minimum Gasteiger partial charge on any atom is -0.444 e. The van der Waals surface area contributed by atoms with E-state index in [1.54, 1.807) is 0 Å². The molecule has 0 aromatic carbocycles. The monoisotopic (exact) mass is 336 g/mol. The molecule has 0 aliphatic carbocycles. The Kier molecular flexibility index (Phi) is 6.13. The van der Waals surface area contributed by atoms with Crippen LogP contribution in [0.5, 0.6) is 0 Å². The summed E-state index contributed by atoms with van der Waals surface area (Å²) >= 11 is 0. The van der Waals surface area contributed by atoms with Gasteiger partial charge in [0, 0.05) is 31.9 Å². The first-order valence-corrected chi connectivity index (χ1v) is 9.05. The number of aromatic nitrogens is 2. The summed E-state index contributed by atoms with van der Waals surface area (Å²) in [5.74, 6) is 0.417. The van der Waals surface area contributed by atoms with Crippen LogP contribution in [0.4, 0.5) is 10.5 Å². The highest BCUT2D eigenvalue weighted by Crippen LogP contribution is 2.24. The van der Waals surface area contributed by atoms with Gasteiger partial charge in [-0.1, -0.05) is 6.92 Å². The Labute approximate surface area is 145 Å². The molecule has 0 saturated carbocycles. The normalized spacial score (nSPS) is 19.9. The third kappa shape index (κ3) is 5.42. The molecule has 1 aromatic heterocycles. The number of hydrogen-bond acceptors (Lipinski definition) is 4. The first-order valence-electron chi connectivity index (χ1n) is 9.05. The summed E-state index contributed by atoms with van der Waals surface area (Å²) in [4.78, 5) is 14.1. The minimum absolute atomic E-state index is 0.199. The van der Waals surface area contributed by atoms with E-state index in [0.29, 0.717) is 5.92 Å². The van der Waals surface area contributed by atoms with Gasteiger partial charge in [0.15, 0.2) is 0 Å². The topological polar surface area (TPSA) is 59.4 Å². The number of carbonyl (C=O) groups is 1. The van der Waals surface area contributed by atoms with Crippen LogP contribution in [-0.4, -0.2) is 45.5 Å². The average Bonchev–Trinajstić information content (AvgIpc) is 2.93. The summed E-state index contributed by atoms with van der Waals surface area (Å²) in [5.41, 5.74) is 0.604. The molecule has 1 saturated heterocycles. The Morgan fingerprint density at radius 2 is 2.25 bits per heavy atom. The molecule has 0 spiro atoms. The van der Waals surface area contributed by atoms with Crippen LogP contribution >= 0.6 is 0 Å². The van der Waals surface area contributed by atoms with Crippen molar-refractivity contribution in [3.63, 3.8) is 0 Å². The van der Waals surface area contributed by atoms with Crippen molar-refractivity contribution in [2.24, 2.45) is 5.92 Å². The predicted molar refractivity (Wildman–Crippen MR) is 96.1 cm³/mol. The second-order valence-corrected chi connectivity index (χ2v) is 7.75. The lowest BCUT2D eigenvalue weighted by Gasteiger charge is -2.36. The van der Waals surface area contributed by atoms with Crippen molar-refractivity contribution in [2.75, 3.05) is 18.4 Å². The van der Waals surface area contributed by atoms with E-state index >= 15 is 0 Å². The fourth-order valence-electron chi connectivity index (χ4n) is 3.08. The molecule has 6 nitrogen and oxygen atoms in total. The molecule has 2 rings (SSSR count). The van der Waals surface area contributed by atoms with Crippen molar-refractivity contribution < 1.29 is 9.53 Å². The van der Waals surface area contributed by atoms with E-state index in [1.807, 2.05) is 36.5 Å². The summed E-state index contributed by atoms with van der Waals surface area (Å²) in [6.07, 6.45) is 6.94. The second kappa shape index (κ2) is 7.90. The second-order valence-electron chi connectivity index (χ2n) is 7.75. The fraction of sp³-hybridized carbons (Fsp3) is 0.778. The molecule has 1 amide bonds. The first-order chi connectivity index (χ1) is 11.3. The van der Waals surface area contributed by atoms with Crippen molar-refractivity contribution >= 4 is 11.8 Å². The van der Waals surface area contributed by atoms with E-state index in [1.165, 1.54) is 0 Å². The number of ether oxygens (including phenoxy) is 1. The zero-order chi connectivity index (χ0) is 17.7. The number of hydrogen-bond donors (Lipinski definition) is 1. The molecule has 1 N–H and O–H groups in total. The van der Waals surface area contributed by atoms with E-state index < -0.39 is 5.60 Å². The minimum atomic E-state index is -0.443. The fourth-order valence-corrected chi connectivity index (χ4v) is 3.08. The first kappa shape index (κ1) is 18.6. The van der Waals surface area contributed by atoms with Crippen molar-refractivity contribution in [1.82, 2.24) is 14.7 Å². The molecule has 1 aliphatic rings. The van der Waals surface area contributed by atoms with E-state index in [9.17, 15) is 4.79 Å². The van der Waals surface area contributed by atoms with E-state index in [-0.39, 0.29) is 12.1 Å². The Balaban J connectivity index is 1.89. The van der Waals surface area contributed by atoms with Gasteiger partial charge in [0.1, 0.15) is 5.60 Å². The van der Waals surface area contributed by atoms with Crippen LogP contribution in [0, 0.1) is 5.92 Å². The predicted octanol–water partition coefficient (Wildman–Crippen LogP) is 3.74. The SMILES string of the molecule is CCCn1cc(N[C@H](C)[C@@H]2CCCN(C(=O)OC(C)(C)C)C2)cn1. The van der Waals surface area contributed by atoms with Crippen LogP contribution in [0.1, 0.15) is 53.9 Å². The molecule has 1 aromatic rings. The lowest BCUT2D eigenvalue weighted by Crippen LogP contribution is -2.46. The quantitative estimate of drug-likeness (QED) is 0.890. The Hall–Kier alpha value is -1.72. The van der Waals surface area contributed by atoms with Gasteiger partial charge >= 0.3 is 6.09 Å². The molecular weight excluding hydrogens is 304 g/mol. The molecule has 0 bridgehead atoms. The van der Waals surface area contributed by atoms with E-state index in [4.69, 9.17) is 4.74 Å². The van der Waals surface area contributed by atoms with Gasteiger partial charge in [-0.3, -0.25) is 4.68 Å². The van der Waals surface area contributed by atoms with Crippen molar-refractivity contribution in [3.8, 4) is 0 Å². The molecule has 0 unspecified atom stereocenters. The van der Waals surface area contributed by atoms with Crippen LogP contribution in [0.15, 0.2) is 12.4 Å². The number of amides is 1. The zero-order valence-corrected chi connectivity index (χ0v) is 15.7. The van der Waals surface area contributed by atoms with Gasteiger partial charge in [0.25, 0.3) is 0 Å². The van der Waals surface area contributed by atoms with Crippen molar-refractivity contribution in [2.45, 2.75) is 72.1 Å². The highest BCUT2D eigenvalue weighted by Gasteiger charge is 2.30. The number of anilines is 1. The Morgan fingerprint density at radius 1 is 1.50 bits per heavy atom. The third-order valence-electron chi connectivity index (χ3n) is 4.30. The summed E-state index contributed by atoms with van der Waals surface area (Å²) in [6.45, 7) is 12.5. The van der Waals surface area contributed by atoms with Crippen LogP contribution in [0.3, 0.4) is 0 Å². The maximum absolute atomic E-state index is 12.3. The molecule has 1 fully saturated rings. The number of rotatable bonds is 5. The van der Waals surface area contributed by atoms with Gasteiger partial charge in [0.05, 0.1) is 11.9 Å². The van der Waals surface area contributed by atoms with Gasteiger partial charge in [0.2, 0.25) is 0 Å². The molecular formula is C18H32N4O2. The smallest absolute Gasteiger partial charge is 0.410 e. The van der Waals surface area contributed by atoms with Crippen molar-refractivity contribution in [3.05, 3.63) is 12.4 Å². The number of piperidine rings is 1. The van der Waals surface area contributed by atoms with Crippen molar-refractivity contribution in [1.29, 1.82) is 0 Å². The Bertz CT molecular complexity index is 535. The van der Waals surface area contributed by atoms with Crippen LogP contribution < -0.4 is 5.32 Å². The number of aryl methyl sites for hydroxylation is 1. The molecule has 2 atom stereocenters. The molecule has 1 aliphatic heterocycles. The van der Waals surface area contributed by atoms with Gasteiger partial charge in [-0.15, -0.1) is 0 Å². The number of likely N-dealkylation sites (tertiary alicyclic amines) is 1. The highest BCUT2D eigenvalue weighted by atomic mass is 16.6. The molecule has 136 valence electrons. The highest BCUT2D eigenvalue weighted by molar-refractivity contribution is 5.68. The maximum atomic E-state index is 12.3. The molecule has 24 heavy (non-hydrogen) atoms. The van der Waals surface area contributed by atoms with Gasteiger partial charge in [-0.2, -0.15) is 5.10 Å². The van der Waals surface area contributed by atoms with E-state index in [0.717, 1.165) is 44.6 Å². The number of nitrogens with zero attached hydrogens (tertiary/aromatic N) is 3.